The number of morpholine rings is 1. The summed E-state index contributed by atoms with van der Waals surface area (Å²) in [7, 11) is 0. The van der Waals surface area contributed by atoms with Crippen LogP contribution in [0.3, 0.4) is 0 Å². The Hall–Kier alpha value is -1.73. The van der Waals surface area contributed by atoms with Crippen molar-refractivity contribution in [3.8, 4) is 5.75 Å². The second kappa shape index (κ2) is 6.95. The molecule has 0 unspecified atom stereocenters. The number of hydrogen-bond donors (Lipinski definition) is 1. The van der Waals surface area contributed by atoms with Crippen LogP contribution in [0.15, 0.2) is 24.3 Å². The van der Waals surface area contributed by atoms with E-state index in [-0.39, 0.29) is 11.8 Å². The lowest BCUT2D eigenvalue weighted by molar-refractivity contribution is -0.147. The normalized spacial score (nSPS) is 24.8. The fourth-order valence-electron chi connectivity index (χ4n) is 4.48. The van der Waals surface area contributed by atoms with Crippen molar-refractivity contribution >= 4 is 29.3 Å². The number of ether oxygens (including phenoxy) is 2. The highest BCUT2D eigenvalue weighted by atomic mass is 32.2. The van der Waals surface area contributed by atoms with Crippen molar-refractivity contribution in [2.75, 3.05) is 43.1 Å². The van der Waals surface area contributed by atoms with Gasteiger partial charge in [0.05, 0.1) is 24.0 Å². The highest BCUT2D eigenvalue weighted by Gasteiger charge is 2.73. The number of thioether (sulfide) groups is 1. The molecule has 1 aromatic rings. The zero-order chi connectivity index (χ0) is 19.2. The molecule has 0 bridgehead atoms. The minimum atomic E-state index is -0.527. The van der Waals surface area contributed by atoms with Crippen molar-refractivity contribution in [2.45, 2.75) is 31.8 Å². The standard InChI is InChI=1S/C21H26N2O4S/c24-18(22-15-1-3-16(4-2-15)27-17-13-28-14-17)20(5-6-20)21(7-8-21)19(25)23-9-11-26-12-10-23/h1-4,17H,5-14H2,(H,22,24). The first-order valence-corrected chi connectivity index (χ1v) is 11.3. The largest absolute Gasteiger partial charge is 0.489 e. The minimum Gasteiger partial charge on any atom is -0.489 e. The second-order valence-electron chi connectivity index (χ2n) is 8.32. The molecule has 1 aromatic carbocycles. The summed E-state index contributed by atoms with van der Waals surface area (Å²) in [4.78, 5) is 28.2. The summed E-state index contributed by atoms with van der Waals surface area (Å²) >= 11 is 1.89. The van der Waals surface area contributed by atoms with Gasteiger partial charge in [0, 0.05) is 30.3 Å². The van der Waals surface area contributed by atoms with Gasteiger partial charge in [0.25, 0.3) is 0 Å². The third-order valence-electron chi connectivity index (χ3n) is 6.58. The van der Waals surface area contributed by atoms with Gasteiger partial charge in [-0.3, -0.25) is 9.59 Å². The van der Waals surface area contributed by atoms with Crippen LogP contribution in [-0.2, 0) is 14.3 Å². The zero-order valence-electron chi connectivity index (χ0n) is 15.9. The van der Waals surface area contributed by atoms with Gasteiger partial charge < -0.3 is 19.7 Å². The average molecular weight is 403 g/mol. The number of anilines is 1. The Bertz CT molecular complexity index is 763. The van der Waals surface area contributed by atoms with E-state index < -0.39 is 10.8 Å². The Morgan fingerprint density at radius 1 is 1.04 bits per heavy atom. The van der Waals surface area contributed by atoms with Crippen molar-refractivity contribution in [3.63, 3.8) is 0 Å². The Morgan fingerprint density at radius 3 is 2.21 bits per heavy atom. The van der Waals surface area contributed by atoms with Crippen molar-refractivity contribution in [2.24, 2.45) is 10.8 Å². The minimum absolute atomic E-state index is 0.00401. The molecular weight excluding hydrogens is 376 g/mol. The van der Waals surface area contributed by atoms with Gasteiger partial charge >= 0.3 is 0 Å². The number of amides is 2. The SMILES string of the molecule is O=C(Nc1ccc(OC2CSC2)cc1)C1(C2(C(=O)N3CCOCC3)CC2)CC1. The fraction of sp³-hybridized carbons (Fsp3) is 0.619. The van der Waals surface area contributed by atoms with Crippen LogP contribution in [0.1, 0.15) is 25.7 Å². The lowest BCUT2D eigenvalue weighted by Crippen LogP contribution is -2.49. The highest BCUT2D eigenvalue weighted by Crippen LogP contribution is 2.71. The van der Waals surface area contributed by atoms with Crippen LogP contribution < -0.4 is 10.1 Å². The molecule has 6 nitrogen and oxygen atoms in total. The lowest BCUT2D eigenvalue weighted by atomic mass is 9.83. The molecule has 2 saturated heterocycles. The van der Waals surface area contributed by atoms with Gasteiger partial charge in [0.1, 0.15) is 11.9 Å². The van der Waals surface area contributed by atoms with Crippen LogP contribution in [0, 0.1) is 10.8 Å². The number of hydrogen-bond acceptors (Lipinski definition) is 5. The third-order valence-corrected chi connectivity index (χ3v) is 7.80. The topological polar surface area (TPSA) is 67.9 Å². The maximum atomic E-state index is 13.2. The van der Waals surface area contributed by atoms with Gasteiger partial charge in [-0.2, -0.15) is 11.8 Å². The Morgan fingerprint density at radius 2 is 1.68 bits per heavy atom. The molecule has 28 heavy (non-hydrogen) atoms. The number of carbonyl (C=O) groups excluding carboxylic acids is 2. The van der Waals surface area contributed by atoms with Gasteiger partial charge in [0.15, 0.2) is 0 Å². The maximum Gasteiger partial charge on any atom is 0.231 e. The van der Waals surface area contributed by atoms with E-state index in [1.807, 2.05) is 40.9 Å². The van der Waals surface area contributed by atoms with Crippen LogP contribution in [0.2, 0.25) is 0 Å². The first-order valence-electron chi connectivity index (χ1n) is 10.2. The van der Waals surface area contributed by atoms with Crippen LogP contribution in [0.25, 0.3) is 0 Å². The molecule has 5 rings (SSSR count). The van der Waals surface area contributed by atoms with Crippen molar-refractivity contribution in [1.82, 2.24) is 4.90 Å². The van der Waals surface area contributed by atoms with Gasteiger partial charge in [-0.05, 0) is 49.9 Å². The molecular formula is C21H26N2O4S. The molecule has 2 aliphatic heterocycles. The predicted molar refractivity (Wildman–Crippen MR) is 108 cm³/mol. The van der Waals surface area contributed by atoms with Crippen LogP contribution >= 0.6 is 11.8 Å². The summed E-state index contributed by atoms with van der Waals surface area (Å²) in [5.41, 5.74) is -0.249. The first-order chi connectivity index (χ1) is 13.6. The summed E-state index contributed by atoms with van der Waals surface area (Å²) in [6.07, 6.45) is 3.55. The molecule has 2 heterocycles. The van der Waals surface area contributed by atoms with Crippen LogP contribution in [-0.4, -0.2) is 60.6 Å². The summed E-state index contributed by atoms with van der Waals surface area (Å²) in [6.45, 7) is 2.46. The van der Waals surface area contributed by atoms with Crippen molar-refractivity contribution in [1.29, 1.82) is 0 Å². The third kappa shape index (κ3) is 3.08. The van der Waals surface area contributed by atoms with Gasteiger partial charge in [-0.15, -0.1) is 0 Å². The van der Waals surface area contributed by atoms with E-state index >= 15 is 0 Å². The molecule has 0 spiro atoms. The second-order valence-corrected chi connectivity index (χ2v) is 9.40. The van der Waals surface area contributed by atoms with E-state index in [0.29, 0.717) is 32.4 Å². The first kappa shape index (κ1) is 18.3. The van der Waals surface area contributed by atoms with E-state index in [1.54, 1.807) is 0 Å². The van der Waals surface area contributed by atoms with Gasteiger partial charge in [-0.25, -0.2) is 0 Å². The number of benzene rings is 1. The monoisotopic (exact) mass is 402 g/mol. The van der Waals surface area contributed by atoms with E-state index in [4.69, 9.17) is 9.47 Å². The zero-order valence-corrected chi connectivity index (χ0v) is 16.8. The van der Waals surface area contributed by atoms with Crippen molar-refractivity contribution in [3.05, 3.63) is 24.3 Å². The Labute approximate surface area is 169 Å². The maximum absolute atomic E-state index is 13.2. The van der Waals surface area contributed by atoms with Crippen molar-refractivity contribution < 1.29 is 19.1 Å². The molecule has 4 aliphatic rings. The Kier molecular flexibility index (Phi) is 4.55. The molecule has 2 aliphatic carbocycles. The number of nitrogens with zero attached hydrogens (tertiary/aromatic N) is 1. The van der Waals surface area contributed by atoms with Gasteiger partial charge in [-0.1, -0.05) is 0 Å². The average Bonchev–Trinajstić information content (AvgIpc) is 3.59. The summed E-state index contributed by atoms with van der Waals surface area (Å²) in [5.74, 6) is 3.08. The Balaban J connectivity index is 1.25. The smallest absolute Gasteiger partial charge is 0.231 e. The molecule has 2 saturated carbocycles. The van der Waals surface area contributed by atoms with E-state index in [2.05, 4.69) is 5.32 Å². The van der Waals surface area contributed by atoms with Gasteiger partial charge in [0.2, 0.25) is 11.8 Å². The fourth-order valence-corrected chi connectivity index (χ4v) is 5.05. The summed E-state index contributed by atoms with van der Waals surface area (Å²) in [6, 6.07) is 7.59. The van der Waals surface area contributed by atoms with E-state index in [9.17, 15) is 9.59 Å². The van der Waals surface area contributed by atoms with E-state index in [1.165, 1.54) is 0 Å². The predicted octanol–water partition coefficient (Wildman–Crippen LogP) is 2.54. The number of carbonyl (C=O) groups is 2. The highest BCUT2D eigenvalue weighted by molar-refractivity contribution is 8.00. The summed E-state index contributed by atoms with van der Waals surface area (Å²) < 4.78 is 11.2. The van der Waals surface area contributed by atoms with Crippen LogP contribution in [0.5, 0.6) is 5.75 Å². The quantitative estimate of drug-likeness (QED) is 0.792. The van der Waals surface area contributed by atoms with Crippen LogP contribution in [0.4, 0.5) is 5.69 Å². The molecule has 1 N–H and O–H groups in total. The molecule has 7 heteroatoms. The molecule has 2 amide bonds. The molecule has 0 atom stereocenters. The molecule has 4 fully saturated rings. The number of nitrogens with one attached hydrogen (secondary N) is 1. The molecule has 0 radical (unpaired) electrons. The van der Waals surface area contributed by atoms with E-state index in [0.717, 1.165) is 48.6 Å². The lowest BCUT2D eigenvalue weighted by Gasteiger charge is -2.34. The number of rotatable bonds is 6. The molecule has 150 valence electrons. The summed E-state index contributed by atoms with van der Waals surface area (Å²) in [5, 5.41) is 3.06. The molecule has 0 aromatic heterocycles.